The van der Waals surface area contributed by atoms with E-state index in [2.05, 4.69) is 10.2 Å². The molecule has 0 amide bonds. The average Bonchev–Trinajstić information content (AvgIpc) is 2.42. The third-order valence-electron chi connectivity index (χ3n) is 1.07. The molecule has 1 heterocycles. The molecule has 1 rings (SSSR count). The number of ether oxygens (including phenoxy) is 1. The van der Waals surface area contributed by atoms with Gasteiger partial charge in [-0.3, -0.25) is 0 Å². The van der Waals surface area contributed by atoms with Crippen molar-refractivity contribution in [2.24, 2.45) is 0 Å². The van der Waals surface area contributed by atoms with Gasteiger partial charge in [-0.25, -0.2) is 5.10 Å². The van der Waals surface area contributed by atoms with Gasteiger partial charge in [0.15, 0.2) is 0 Å². The Bertz CT molecular complexity index is 184. The van der Waals surface area contributed by atoms with Gasteiger partial charge >= 0.3 is 0 Å². The maximum absolute atomic E-state index is 5.16. The first kappa shape index (κ1) is 10.0. The fraction of sp³-hybridized carbons (Fsp3) is 0.625. The second-order valence-electron chi connectivity index (χ2n) is 1.82. The van der Waals surface area contributed by atoms with Crippen molar-refractivity contribution in [2.45, 2.75) is 27.7 Å². The molecule has 1 aromatic heterocycles. The minimum Gasteiger partial charge on any atom is -0.478 e. The monoisotopic (exact) mass is 156 g/mol. The third-order valence-corrected chi connectivity index (χ3v) is 1.07. The second kappa shape index (κ2) is 5.77. The van der Waals surface area contributed by atoms with E-state index < -0.39 is 0 Å². The van der Waals surface area contributed by atoms with Crippen molar-refractivity contribution in [1.82, 2.24) is 10.2 Å². The lowest BCUT2D eigenvalue weighted by Crippen LogP contribution is -1.92. The second-order valence-corrected chi connectivity index (χ2v) is 1.82. The molecule has 0 aliphatic heterocycles. The van der Waals surface area contributed by atoms with Gasteiger partial charge in [0.1, 0.15) is 0 Å². The molecule has 0 atom stereocenters. The zero-order valence-corrected chi connectivity index (χ0v) is 7.64. The van der Waals surface area contributed by atoms with Gasteiger partial charge in [-0.2, -0.15) is 5.10 Å². The smallest absolute Gasteiger partial charge is 0.212 e. The van der Waals surface area contributed by atoms with Gasteiger partial charge in [0.05, 0.1) is 12.8 Å². The topological polar surface area (TPSA) is 37.9 Å². The molecule has 0 fully saturated rings. The van der Waals surface area contributed by atoms with Crippen molar-refractivity contribution in [3.05, 3.63) is 11.8 Å². The van der Waals surface area contributed by atoms with Crippen LogP contribution in [0, 0.1) is 6.92 Å². The molecule has 1 N–H and O–H groups in total. The van der Waals surface area contributed by atoms with Crippen molar-refractivity contribution in [3.63, 3.8) is 0 Å². The van der Waals surface area contributed by atoms with E-state index in [0.29, 0.717) is 6.61 Å². The van der Waals surface area contributed by atoms with Gasteiger partial charge in [0, 0.05) is 5.56 Å². The molecule has 3 nitrogen and oxygen atoms in total. The molecule has 0 aliphatic carbocycles. The standard InChI is InChI=1S/C6H10N2O.C2H6/c1-3-9-6-5(2)4-7-8-6;1-2/h4H,3H2,1-2H3,(H,7,8);1-2H3. The Morgan fingerprint density at radius 3 is 2.55 bits per heavy atom. The van der Waals surface area contributed by atoms with Crippen LogP contribution in [0.2, 0.25) is 0 Å². The average molecular weight is 156 g/mol. The lowest BCUT2D eigenvalue weighted by molar-refractivity contribution is 0.324. The molecule has 11 heavy (non-hydrogen) atoms. The summed E-state index contributed by atoms with van der Waals surface area (Å²) in [4.78, 5) is 0. The Kier molecular flexibility index (Phi) is 5.25. The van der Waals surface area contributed by atoms with E-state index in [1.807, 2.05) is 27.7 Å². The van der Waals surface area contributed by atoms with E-state index in [1.165, 1.54) is 0 Å². The summed E-state index contributed by atoms with van der Waals surface area (Å²) in [7, 11) is 0. The fourth-order valence-corrected chi connectivity index (χ4v) is 0.625. The van der Waals surface area contributed by atoms with Crippen LogP contribution in [0.3, 0.4) is 0 Å². The van der Waals surface area contributed by atoms with Gasteiger partial charge in [-0.1, -0.05) is 13.8 Å². The molecule has 3 heteroatoms. The van der Waals surface area contributed by atoms with Crippen LogP contribution in [-0.2, 0) is 0 Å². The van der Waals surface area contributed by atoms with Crippen LogP contribution in [0.25, 0.3) is 0 Å². The summed E-state index contributed by atoms with van der Waals surface area (Å²) in [6, 6.07) is 0. The molecule has 0 aromatic carbocycles. The molecule has 0 unspecified atom stereocenters. The van der Waals surface area contributed by atoms with E-state index in [-0.39, 0.29) is 0 Å². The van der Waals surface area contributed by atoms with Crippen LogP contribution in [0.15, 0.2) is 6.20 Å². The molecule has 0 bridgehead atoms. The number of hydrogen-bond donors (Lipinski definition) is 1. The van der Waals surface area contributed by atoms with Crippen molar-refractivity contribution in [3.8, 4) is 5.88 Å². The highest BCUT2D eigenvalue weighted by molar-refractivity contribution is 5.19. The maximum Gasteiger partial charge on any atom is 0.212 e. The highest BCUT2D eigenvalue weighted by atomic mass is 16.5. The predicted octanol–water partition coefficient (Wildman–Crippen LogP) is 2.14. The summed E-state index contributed by atoms with van der Waals surface area (Å²) in [5.41, 5.74) is 1.05. The maximum atomic E-state index is 5.16. The molecule has 0 aliphatic rings. The van der Waals surface area contributed by atoms with Gasteiger partial charge in [-0.05, 0) is 13.8 Å². The highest BCUT2D eigenvalue weighted by Crippen LogP contribution is 2.10. The van der Waals surface area contributed by atoms with E-state index in [1.54, 1.807) is 6.20 Å². The normalized spacial score (nSPS) is 8.36. The summed E-state index contributed by atoms with van der Waals surface area (Å²) in [5.74, 6) is 0.775. The van der Waals surface area contributed by atoms with Crippen LogP contribution in [0.4, 0.5) is 0 Å². The molecule has 64 valence electrons. The number of rotatable bonds is 2. The first-order valence-electron chi connectivity index (χ1n) is 3.97. The molecule has 0 saturated carbocycles. The van der Waals surface area contributed by atoms with Gasteiger partial charge in [0.2, 0.25) is 5.88 Å². The minimum atomic E-state index is 0.684. The number of hydrogen-bond acceptors (Lipinski definition) is 2. The molecule has 1 aromatic rings. The Balaban J connectivity index is 0.000000461. The van der Waals surface area contributed by atoms with Crippen LogP contribution in [0.1, 0.15) is 26.3 Å². The zero-order valence-electron chi connectivity index (χ0n) is 7.64. The molecule has 0 saturated heterocycles. The van der Waals surface area contributed by atoms with Crippen molar-refractivity contribution < 1.29 is 4.74 Å². The molecule has 0 spiro atoms. The van der Waals surface area contributed by atoms with E-state index >= 15 is 0 Å². The number of aryl methyl sites for hydroxylation is 1. The summed E-state index contributed by atoms with van der Waals surface area (Å²) in [6.07, 6.45) is 1.74. The van der Waals surface area contributed by atoms with Crippen molar-refractivity contribution in [1.29, 1.82) is 0 Å². The lowest BCUT2D eigenvalue weighted by atomic mass is 10.4. The zero-order chi connectivity index (χ0) is 8.69. The van der Waals surface area contributed by atoms with E-state index in [9.17, 15) is 0 Å². The SMILES string of the molecule is CC.CCOc1[nH]ncc1C. The number of aromatic amines is 1. The van der Waals surface area contributed by atoms with E-state index in [4.69, 9.17) is 4.74 Å². The van der Waals surface area contributed by atoms with E-state index in [0.717, 1.165) is 11.4 Å². The molecular weight excluding hydrogens is 140 g/mol. The predicted molar refractivity (Wildman–Crippen MR) is 45.8 cm³/mol. The first-order chi connectivity index (χ1) is 5.34. The number of aromatic nitrogens is 2. The number of H-pyrrole nitrogens is 1. The molecule has 0 radical (unpaired) electrons. The number of nitrogens with zero attached hydrogens (tertiary/aromatic N) is 1. The summed E-state index contributed by atoms with van der Waals surface area (Å²) in [6.45, 7) is 8.58. The first-order valence-corrected chi connectivity index (χ1v) is 3.97. The Morgan fingerprint density at radius 1 is 1.55 bits per heavy atom. The van der Waals surface area contributed by atoms with Crippen molar-refractivity contribution >= 4 is 0 Å². The number of nitrogens with one attached hydrogen (secondary N) is 1. The summed E-state index contributed by atoms with van der Waals surface area (Å²) >= 11 is 0. The van der Waals surface area contributed by atoms with Crippen LogP contribution >= 0.6 is 0 Å². The van der Waals surface area contributed by atoms with Crippen LogP contribution < -0.4 is 4.74 Å². The van der Waals surface area contributed by atoms with Crippen LogP contribution in [0.5, 0.6) is 5.88 Å². The Labute approximate surface area is 67.8 Å². The minimum absolute atomic E-state index is 0.684. The Morgan fingerprint density at radius 2 is 2.18 bits per heavy atom. The summed E-state index contributed by atoms with van der Waals surface area (Å²) in [5, 5.41) is 6.52. The molecular formula is C8H16N2O. The van der Waals surface area contributed by atoms with Gasteiger partial charge in [-0.15, -0.1) is 0 Å². The fourth-order valence-electron chi connectivity index (χ4n) is 0.625. The quantitative estimate of drug-likeness (QED) is 0.712. The van der Waals surface area contributed by atoms with Crippen LogP contribution in [-0.4, -0.2) is 16.8 Å². The third kappa shape index (κ3) is 3.07. The van der Waals surface area contributed by atoms with Crippen molar-refractivity contribution in [2.75, 3.05) is 6.61 Å². The Hall–Kier alpha value is -0.990. The largest absolute Gasteiger partial charge is 0.478 e. The highest BCUT2D eigenvalue weighted by Gasteiger charge is 1.96. The lowest BCUT2D eigenvalue weighted by Gasteiger charge is -1.97. The van der Waals surface area contributed by atoms with Gasteiger partial charge in [0.25, 0.3) is 0 Å². The summed E-state index contributed by atoms with van der Waals surface area (Å²) < 4.78 is 5.16. The van der Waals surface area contributed by atoms with Gasteiger partial charge < -0.3 is 4.74 Å².